The summed E-state index contributed by atoms with van der Waals surface area (Å²) >= 11 is 0. The van der Waals surface area contributed by atoms with Crippen LogP contribution in [-0.4, -0.2) is 72.4 Å². The minimum atomic E-state index is -3.53. The summed E-state index contributed by atoms with van der Waals surface area (Å²) in [5.74, 6) is 1.27. The molecular weight excluding hydrogens is 434 g/mol. The number of fused-ring (bicyclic) bond motifs is 1. The Morgan fingerprint density at radius 2 is 1.97 bits per heavy atom. The molecule has 1 aromatic carbocycles. The zero-order chi connectivity index (χ0) is 22.9. The molecule has 1 amide bonds. The maximum atomic E-state index is 13.1. The minimum absolute atomic E-state index is 0.0354. The first kappa shape index (κ1) is 22.0. The fourth-order valence-corrected chi connectivity index (χ4v) is 5.02. The number of piperidine rings is 1. The van der Waals surface area contributed by atoms with Crippen molar-refractivity contribution in [3.05, 3.63) is 42.0 Å². The van der Waals surface area contributed by atoms with E-state index in [0.29, 0.717) is 36.1 Å². The highest BCUT2D eigenvalue weighted by atomic mass is 32.2. The Bertz CT molecular complexity index is 1260. The Balaban J connectivity index is 1.59. The van der Waals surface area contributed by atoms with Crippen LogP contribution in [0.3, 0.4) is 0 Å². The van der Waals surface area contributed by atoms with E-state index in [1.807, 2.05) is 6.07 Å². The Morgan fingerprint density at radius 1 is 1.19 bits per heavy atom. The third-order valence-corrected chi connectivity index (χ3v) is 6.78. The van der Waals surface area contributed by atoms with Gasteiger partial charge in [0.25, 0.3) is 5.78 Å². The number of methoxy groups -OCH3 is 2. The SMILES string of the molecule is COc1ccc(CC(=O)N2CCC[C@@H](c3c(S(C)(=O)=O)cnc4ncnn34)C2)cc1OC. The fraction of sp³-hybridized carbons (Fsp3) is 0.429. The number of hydrogen-bond donors (Lipinski definition) is 0. The molecule has 11 heteroatoms. The van der Waals surface area contributed by atoms with Gasteiger partial charge in [-0.25, -0.2) is 13.4 Å². The molecule has 3 heterocycles. The van der Waals surface area contributed by atoms with E-state index < -0.39 is 9.84 Å². The lowest BCUT2D eigenvalue weighted by molar-refractivity contribution is -0.131. The van der Waals surface area contributed by atoms with Gasteiger partial charge in [-0.3, -0.25) is 4.79 Å². The molecule has 2 aromatic heterocycles. The molecule has 1 aliphatic heterocycles. The monoisotopic (exact) mass is 459 g/mol. The van der Waals surface area contributed by atoms with Crippen LogP contribution in [0.25, 0.3) is 5.78 Å². The maximum Gasteiger partial charge on any atom is 0.252 e. The second kappa shape index (κ2) is 8.73. The summed E-state index contributed by atoms with van der Waals surface area (Å²) in [4.78, 5) is 23.2. The van der Waals surface area contributed by atoms with Crippen LogP contribution in [0.2, 0.25) is 0 Å². The second-order valence-electron chi connectivity index (χ2n) is 7.80. The number of carbonyl (C=O) groups excluding carboxylic acids is 1. The molecule has 0 aliphatic carbocycles. The lowest BCUT2D eigenvalue weighted by atomic mass is 9.94. The van der Waals surface area contributed by atoms with Gasteiger partial charge in [0, 0.05) is 25.3 Å². The van der Waals surface area contributed by atoms with E-state index >= 15 is 0 Å². The molecule has 4 rings (SSSR count). The number of carbonyl (C=O) groups is 1. The van der Waals surface area contributed by atoms with Crippen LogP contribution in [0.15, 0.2) is 35.6 Å². The van der Waals surface area contributed by atoms with Crippen LogP contribution >= 0.6 is 0 Å². The van der Waals surface area contributed by atoms with Gasteiger partial charge in [-0.2, -0.15) is 14.6 Å². The summed E-state index contributed by atoms with van der Waals surface area (Å²) in [6.07, 6.45) is 5.53. The molecule has 1 fully saturated rings. The molecule has 0 radical (unpaired) electrons. The van der Waals surface area contributed by atoms with Crippen LogP contribution in [0, 0.1) is 0 Å². The van der Waals surface area contributed by atoms with Crippen molar-refractivity contribution in [3.63, 3.8) is 0 Å². The van der Waals surface area contributed by atoms with Crippen molar-refractivity contribution in [1.29, 1.82) is 0 Å². The number of benzene rings is 1. The third kappa shape index (κ3) is 4.24. The number of sulfone groups is 1. The maximum absolute atomic E-state index is 13.1. The summed E-state index contributed by atoms with van der Waals surface area (Å²) < 4.78 is 36.9. The van der Waals surface area contributed by atoms with Gasteiger partial charge in [0.1, 0.15) is 11.2 Å². The molecule has 0 bridgehead atoms. The first-order valence-corrected chi connectivity index (χ1v) is 12.1. The molecule has 0 N–H and O–H groups in total. The lowest BCUT2D eigenvalue weighted by Gasteiger charge is -2.33. The average Bonchev–Trinajstić information content (AvgIpc) is 3.26. The first-order chi connectivity index (χ1) is 15.3. The van der Waals surface area contributed by atoms with Crippen LogP contribution < -0.4 is 9.47 Å². The molecule has 1 saturated heterocycles. The molecule has 170 valence electrons. The number of ether oxygens (including phenoxy) is 2. The van der Waals surface area contributed by atoms with Crippen LogP contribution in [0.1, 0.15) is 30.0 Å². The molecule has 32 heavy (non-hydrogen) atoms. The van der Waals surface area contributed by atoms with E-state index in [1.54, 1.807) is 31.3 Å². The van der Waals surface area contributed by atoms with Crippen molar-refractivity contribution in [2.75, 3.05) is 33.6 Å². The number of likely N-dealkylation sites (tertiary alicyclic amines) is 1. The second-order valence-corrected chi connectivity index (χ2v) is 9.78. The van der Waals surface area contributed by atoms with Gasteiger partial charge < -0.3 is 14.4 Å². The van der Waals surface area contributed by atoms with Crippen molar-refractivity contribution in [2.45, 2.75) is 30.1 Å². The predicted molar refractivity (Wildman–Crippen MR) is 116 cm³/mol. The summed E-state index contributed by atoms with van der Waals surface area (Å²) in [5.41, 5.74) is 1.34. The van der Waals surface area contributed by atoms with E-state index in [-0.39, 0.29) is 23.1 Å². The summed E-state index contributed by atoms with van der Waals surface area (Å²) in [7, 11) is -0.418. The van der Waals surface area contributed by atoms with Crippen LogP contribution in [-0.2, 0) is 21.1 Å². The first-order valence-electron chi connectivity index (χ1n) is 10.2. The van der Waals surface area contributed by atoms with E-state index in [2.05, 4.69) is 15.1 Å². The highest BCUT2D eigenvalue weighted by Crippen LogP contribution is 2.32. The fourth-order valence-electron chi connectivity index (χ4n) is 4.14. The highest BCUT2D eigenvalue weighted by molar-refractivity contribution is 7.90. The Labute approximate surface area is 186 Å². The normalized spacial score (nSPS) is 16.8. The number of nitrogens with zero attached hydrogens (tertiary/aromatic N) is 5. The van der Waals surface area contributed by atoms with Crippen molar-refractivity contribution < 1.29 is 22.7 Å². The smallest absolute Gasteiger partial charge is 0.252 e. The quantitative estimate of drug-likeness (QED) is 0.544. The predicted octanol–water partition coefficient (Wildman–Crippen LogP) is 1.49. The molecule has 0 spiro atoms. The van der Waals surface area contributed by atoms with E-state index in [4.69, 9.17) is 9.47 Å². The van der Waals surface area contributed by atoms with Crippen molar-refractivity contribution in [2.24, 2.45) is 0 Å². The summed E-state index contributed by atoms with van der Waals surface area (Å²) in [5, 5.41) is 4.19. The van der Waals surface area contributed by atoms with Gasteiger partial charge in [0.2, 0.25) is 5.91 Å². The molecular formula is C21H25N5O5S. The Kier molecular flexibility index (Phi) is 6.00. The van der Waals surface area contributed by atoms with Crippen LogP contribution in [0.4, 0.5) is 0 Å². The molecule has 1 aliphatic rings. The number of amides is 1. The number of rotatable bonds is 6. The average molecular weight is 460 g/mol. The zero-order valence-corrected chi connectivity index (χ0v) is 19.0. The van der Waals surface area contributed by atoms with Gasteiger partial charge in [0.15, 0.2) is 21.3 Å². The Morgan fingerprint density at radius 3 is 2.69 bits per heavy atom. The molecule has 1 atom stereocenters. The van der Waals surface area contributed by atoms with Crippen molar-refractivity contribution in [3.8, 4) is 11.5 Å². The van der Waals surface area contributed by atoms with Crippen molar-refractivity contribution in [1.82, 2.24) is 24.5 Å². The van der Waals surface area contributed by atoms with Gasteiger partial charge in [-0.05, 0) is 30.5 Å². The van der Waals surface area contributed by atoms with Gasteiger partial charge in [-0.15, -0.1) is 0 Å². The van der Waals surface area contributed by atoms with E-state index in [9.17, 15) is 13.2 Å². The molecule has 3 aromatic rings. The van der Waals surface area contributed by atoms with Gasteiger partial charge >= 0.3 is 0 Å². The number of aromatic nitrogens is 4. The lowest BCUT2D eigenvalue weighted by Crippen LogP contribution is -2.40. The van der Waals surface area contributed by atoms with E-state index in [1.165, 1.54) is 17.0 Å². The molecule has 10 nitrogen and oxygen atoms in total. The Hall–Kier alpha value is -3.21. The summed E-state index contributed by atoms with van der Waals surface area (Å²) in [6, 6.07) is 5.41. The van der Waals surface area contributed by atoms with Crippen molar-refractivity contribution >= 4 is 21.5 Å². The molecule has 0 unspecified atom stereocenters. The standard InChI is InChI=1S/C21H25N5O5S/c1-30-16-7-6-14(9-17(16)31-2)10-19(27)25-8-4-5-15(12-25)20-18(32(3,28)29)11-22-21-23-13-24-26(20)21/h6-7,9,11,13,15H,4-5,8,10,12H2,1-3H3/t15-/m1/s1. The van der Waals surface area contributed by atoms with Gasteiger partial charge in [-0.1, -0.05) is 6.07 Å². The molecule has 0 saturated carbocycles. The van der Waals surface area contributed by atoms with Gasteiger partial charge in [0.05, 0.1) is 32.5 Å². The zero-order valence-electron chi connectivity index (χ0n) is 18.2. The highest BCUT2D eigenvalue weighted by Gasteiger charge is 2.31. The third-order valence-electron chi connectivity index (χ3n) is 5.67. The topological polar surface area (TPSA) is 116 Å². The minimum Gasteiger partial charge on any atom is -0.493 e. The van der Waals surface area contributed by atoms with E-state index in [0.717, 1.165) is 24.7 Å². The number of hydrogen-bond acceptors (Lipinski definition) is 8. The van der Waals surface area contributed by atoms with Crippen LogP contribution in [0.5, 0.6) is 11.5 Å². The largest absolute Gasteiger partial charge is 0.493 e. The summed E-state index contributed by atoms with van der Waals surface area (Å²) in [6.45, 7) is 1.01.